The fourth-order valence-electron chi connectivity index (χ4n) is 3.09. The van der Waals surface area contributed by atoms with E-state index in [2.05, 4.69) is 34.3 Å². The van der Waals surface area contributed by atoms with Crippen LogP contribution in [0.25, 0.3) is 0 Å². The van der Waals surface area contributed by atoms with Gasteiger partial charge in [0.05, 0.1) is 6.42 Å². The number of benzene rings is 1. The van der Waals surface area contributed by atoms with Gasteiger partial charge in [-0.1, -0.05) is 12.1 Å². The number of amides is 1. The number of nitrogens with two attached hydrogens (primary N) is 1. The van der Waals surface area contributed by atoms with E-state index in [9.17, 15) is 4.79 Å². The van der Waals surface area contributed by atoms with Crippen molar-refractivity contribution < 1.29 is 4.79 Å². The molecular formula is C15H22N4O. The normalized spacial score (nSPS) is 21.6. The van der Waals surface area contributed by atoms with E-state index in [4.69, 9.17) is 5.73 Å². The molecule has 0 aliphatic carbocycles. The number of carbonyl (C=O) groups excluding carboxylic acids is 1. The van der Waals surface area contributed by atoms with Crippen molar-refractivity contribution in [2.75, 3.05) is 45.1 Å². The Morgan fingerprint density at radius 3 is 2.75 bits per heavy atom. The summed E-state index contributed by atoms with van der Waals surface area (Å²) >= 11 is 0. The Balaban J connectivity index is 1.80. The van der Waals surface area contributed by atoms with Gasteiger partial charge in [0, 0.05) is 44.5 Å². The summed E-state index contributed by atoms with van der Waals surface area (Å²) in [6.07, 6.45) is 0.489. The van der Waals surface area contributed by atoms with Crippen molar-refractivity contribution in [1.82, 2.24) is 9.80 Å². The van der Waals surface area contributed by atoms with Gasteiger partial charge in [0.2, 0.25) is 5.91 Å². The number of nitrogens with zero attached hydrogens (tertiary/aromatic N) is 2. The highest BCUT2D eigenvalue weighted by molar-refractivity contribution is 5.99. The highest BCUT2D eigenvalue weighted by Crippen LogP contribution is 2.28. The van der Waals surface area contributed by atoms with Gasteiger partial charge >= 0.3 is 0 Å². The molecule has 0 bridgehead atoms. The number of nitrogens with one attached hydrogen (secondary N) is 1. The van der Waals surface area contributed by atoms with Crippen LogP contribution in [-0.4, -0.2) is 55.5 Å². The van der Waals surface area contributed by atoms with Crippen LogP contribution >= 0.6 is 0 Å². The maximum absolute atomic E-state index is 11.4. The summed E-state index contributed by atoms with van der Waals surface area (Å²) in [6, 6.07) is 6.50. The first kappa shape index (κ1) is 13.5. The quantitative estimate of drug-likeness (QED) is 0.839. The lowest BCUT2D eigenvalue weighted by atomic mass is 10.0. The van der Waals surface area contributed by atoms with Crippen molar-refractivity contribution in [2.45, 2.75) is 12.5 Å². The van der Waals surface area contributed by atoms with Gasteiger partial charge in [0.25, 0.3) is 0 Å². The first-order valence-electron chi connectivity index (χ1n) is 7.22. The van der Waals surface area contributed by atoms with Gasteiger partial charge < -0.3 is 16.0 Å². The third kappa shape index (κ3) is 2.57. The molecule has 20 heavy (non-hydrogen) atoms. The zero-order chi connectivity index (χ0) is 14.1. The molecule has 1 aromatic rings. The maximum Gasteiger partial charge on any atom is 0.228 e. The van der Waals surface area contributed by atoms with Crippen molar-refractivity contribution in [3.8, 4) is 0 Å². The zero-order valence-corrected chi connectivity index (χ0v) is 11.9. The van der Waals surface area contributed by atoms with Crippen molar-refractivity contribution in [3.63, 3.8) is 0 Å². The summed E-state index contributed by atoms with van der Waals surface area (Å²) in [6.45, 7) is 4.88. The van der Waals surface area contributed by atoms with Crippen LogP contribution in [0.4, 0.5) is 5.69 Å². The number of likely N-dealkylation sites (N-methyl/N-ethyl adjacent to an activating group) is 1. The summed E-state index contributed by atoms with van der Waals surface area (Å²) < 4.78 is 0. The molecular weight excluding hydrogens is 252 g/mol. The average Bonchev–Trinajstić information content (AvgIpc) is 2.81. The van der Waals surface area contributed by atoms with E-state index in [-0.39, 0.29) is 11.9 Å². The van der Waals surface area contributed by atoms with Gasteiger partial charge in [-0.15, -0.1) is 0 Å². The second kappa shape index (κ2) is 5.52. The molecule has 0 spiro atoms. The molecule has 3 N–H and O–H groups in total. The Labute approximate surface area is 119 Å². The number of piperazine rings is 1. The smallest absolute Gasteiger partial charge is 0.228 e. The third-order valence-electron chi connectivity index (χ3n) is 4.34. The van der Waals surface area contributed by atoms with E-state index in [0.717, 1.165) is 37.4 Å². The first-order valence-corrected chi connectivity index (χ1v) is 7.22. The highest BCUT2D eigenvalue weighted by Gasteiger charge is 2.25. The molecule has 0 radical (unpaired) electrons. The standard InChI is InChI=1S/C15H22N4O/c1-18-4-6-19(7-5-18)14(10-16)11-2-3-13-12(8-11)9-15(20)17-13/h2-3,8,14H,4-7,9-10,16H2,1H3,(H,17,20). The molecule has 1 atom stereocenters. The number of hydrogen-bond donors (Lipinski definition) is 2. The molecule has 2 heterocycles. The predicted octanol–water partition coefficient (Wildman–Crippen LogP) is 0.428. The van der Waals surface area contributed by atoms with Crippen LogP contribution in [0.2, 0.25) is 0 Å². The van der Waals surface area contributed by atoms with Crippen LogP contribution in [0.5, 0.6) is 0 Å². The van der Waals surface area contributed by atoms with Crippen molar-refractivity contribution in [2.24, 2.45) is 5.73 Å². The fourth-order valence-corrected chi connectivity index (χ4v) is 3.09. The Bertz CT molecular complexity index is 509. The number of carbonyl (C=O) groups is 1. The molecule has 2 aliphatic rings. The SMILES string of the molecule is CN1CCN(C(CN)c2ccc3c(c2)CC(=O)N3)CC1. The number of hydrogen-bond acceptors (Lipinski definition) is 4. The highest BCUT2D eigenvalue weighted by atomic mass is 16.1. The molecule has 108 valence electrons. The minimum absolute atomic E-state index is 0.0843. The molecule has 2 aliphatic heterocycles. The van der Waals surface area contributed by atoms with E-state index in [1.54, 1.807) is 0 Å². The third-order valence-corrected chi connectivity index (χ3v) is 4.34. The minimum atomic E-state index is 0.0843. The van der Waals surface area contributed by atoms with Crippen molar-refractivity contribution in [1.29, 1.82) is 0 Å². The predicted molar refractivity (Wildman–Crippen MR) is 79.6 cm³/mol. The van der Waals surface area contributed by atoms with Crippen LogP contribution in [0.15, 0.2) is 18.2 Å². The molecule has 1 saturated heterocycles. The van der Waals surface area contributed by atoms with Gasteiger partial charge in [0.1, 0.15) is 0 Å². The molecule has 1 fully saturated rings. The monoisotopic (exact) mass is 274 g/mol. The van der Waals surface area contributed by atoms with Gasteiger partial charge in [-0.25, -0.2) is 0 Å². The topological polar surface area (TPSA) is 61.6 Å². The minimum Gasteiger partial charge on any atom is -0.329 e. The number of rotatable bonds is 3. The molecule has 5 heteroatoms. The Hall–Kier alpha value is -1.43. The van der Waals surface area contributed by atoms with Gasteiger partial charge in [0.15, 0.2) is 0 Å². The molecule has 1 amide bonds. The molecule has 1 unspecified atom stereocenters. The lowest BCUT2D eigenvalue weighted by Crippen LogP contribution is -2.47. The lowest BCUT2D eigenvalue weighted by Gasteiger charge is -2.37. The Morgan fingerprint density at radius 2 is 2.05 bits per heavy atom. The zero-order valence-electron chi connectivity index (χ0n) is 11.9. The van der Waals surface area contributed by atoms with Crippen LogP contribution in [0.1, 0.15) is 17.2 Å². The van der Waals surface area contributed by atoms with Gasteiger partial charge in [-0.2, -0.15) is 0 Å². The van der Waals surface area contributed by atoms with E-state index >= 15 is 0 Å². The van der Waals surface area contributed by atoms with E-state index in [0.29, 0.717) is 13.0 Å². The lowest BCUT2D eigenvalue weighted by molar-refractivity contribution is -0.115. The van der Waals surface area contributed by atoms with Crippen LogP contribution < -0.4 is 11.1 Å². The van der Waals surface area contributed by atoms with E-state index in [1.165, 1.54) is 5.56 Å². The maximum atomic E-state index is 11.4. The molecule has 0 aromatic heterocycles. The largest absolute Gasteiger partial charge is 0.329 e. The molecule has 3 rings (SSSR count). The fraction of sp³-hybridized carbons (Fsp3) is 0.533. The first-order chi connectivity index (χ1) is 9.67. The number of anilines is 1. The summed E-state index contributed by atoms with van der Waals surface area (Å²) in [7, 11) is 2.15. The van der Waals surface area contributed by atoms with Crippen LogP contribution in [-0.2, 0) is 11.2 Å². The average molecular weight is 274 g/mol. The summed E-state index contributed by atoms with van der Waals surface area (Å²) in [4.78, 5) is 16.2. The second-order valence-electron chi connectivity index (χ2n) is 5.73. The number of fused-ring (bicyclic) bond motifs is 1. The van der Waals surface area contributed by atoms with Crippen molar-refractivity contribution in [3.05, 3.63) is 29.3 Å². The van der Waals surface area contributed by atoms with Crippen LogP contribution in [0, 0.1) is 0 Å². The molecule has 5 nitrogen and oxygen atoms in total. The summed E-state index contributed by atoms with van der Waals surface area (Å²) in [5.74, 6) is 0.0843. The molecule has 0 saturated carbocycles. The Morgan fingerprint density at radius 1 is 1.30 bits per heavy atom. The van der Waals surface area contributed by atoms with Gasteiger partial charge in [-0.05, 0) is 24.2 Å². The second-order valence-corrected chi connectivity index (χ2v) is 5.73. The van der Waals surface area contributed by atoms with E-state index < -0.39 is 0 Å². The molecule has 1 aromatic carbocycles. The van der Waals surface area contributed by atoms with Crippen LogP contribution in [0.3, 0.4) is 0 Å². The summed E-state index contributed by atoms with van der Waals surface area (Å²) in [5.41, 5.74) is 9.28. The Kier molecular flexibility index (Phi) is 3.74. The van der Waals surface area contributed by atoms with E-state index in [1.807, 2.05) is 6.07 Å². The van der Waals surface area contributed by atoms with Crippen molar-refractivity contribution >= 4 is 11.6 Å². The van der Waals surface area contributed by atoms with Gasteiger partial charge in [-0.3, -0.25) is 9.69 Å². The summed E-state index contributed by atoms with van der Waals surface area (Å²) in [5, 5.41) is 2.88.